The Kier molecular flexibility index (Phi) is 4.68. The number of fused-ring (bicyclic) bond motifs is 1. The van der Waals surface area contributed by atoms with Crippen molar-refractivity contribution in [1.82, 2.24) is 19.5 Å². The Morgan fingerprint density at radius 2 is 2.16 bits per heavy atom. The first kappa shape index (κ1) is 17.7. The minimum atomic E-state index is -4.53. The molecule has 0 N–H and O–H groups in total. The zero-order chi connectivity index (χ0) is 18.2. The van der Waals surface area contributed by atoms with Crippen molar-refractivity contribution in [2.75, 3.05) is 20.3 Å². The minimum absolute atomic E-state index is 0.0596. The summed E-state index contributed by atoms with van der Waals surface area (Å²) in [5, 5.41) is 4.13. The number of rotatable bonds is 4. The summed E-state index contributed by atoms with van der Waals surface area (Å²) >= 11 is 0. The van der Waals surface area contributed by atoms with E-state index in [4.69, 9.17) is 4.74 Å². The lowest BCUT2D eigenvalue weighted by Crippen LogP contribution is -2.33. The molecule has 1 atom stereocenters. The molecule has 0 bridgehead atoms. The van der Waals surface area contributed by atoms with Crippen molar-refractivity contribution in [3.8, 4) is 0 Å². The Bertz CT molecular complexity index is 788. The lowest BCUT2D eigenvalue weighted by molar-refractivity contribution is -0.143. The third-order valence-corrected chi connectivity index (χ3v) is 4.33. The molecule has 3 rings (SSSR count). The van der Waals surface area contributed by atoms with Crippen LogP contribution in [0.1, 0.15) is 42.9 Å². The highest BCUT2D eigenvalue weighted by Gasteiger charge is 2.37. The number of nitrogens with zero attached hydrogens (tertiary/aromatic N) is 4. The first-order valence-corrected chi connectivity index (χ1v) is 8.10. The normalized spacial score (nSPS) is 18.3. The van der Waals surface area contributed by atoms with E-state index in [1.165, 1.54) is 13.2 Å². The number of amides is 1. The molecule has 136 valence electrons. The number of alkyl halides is 3. The van der Waals surface area contributed by atoms with Gasteiger partial charge in [-0.3, -0.25) is 4.79 Å². The van der Waals surface area contributed by atoms with Crippen molar-refractivity contribution in [2.45, 2.75) is 38.4 Å². The second kappa shape index (κ2) is 6.62. The Morgan fingerprint density at radius 3 is 2.80 bits per heavy atom. The van der Waals surface area contributed by atoms with Crippen LogP contribution in [-0.2, 0) is 22.1 Å². The largest absolute Gasteiger partial charge is 0.433 e. The lowest BCUT2D eigenvalue weighted by Gasteiger charge is -2.22. The first-order chi connectivity index (χ1) is 11.8. The number of carbonyl (C=O) groups is 1. The van der Waals surface area contributed by atoms with Gasteiger partial charge in [-0.15, -0.1) is 0 Å². The average Bonchev–Trinajstić information content (AvgIpc) is 3.19. The van der Waals surface area contributed by atoms with Gasteiger partial charge in [0.25, 0.3) is 0 Å². The Balaban J connectivity index is 2.05. The topological polar surface area (TPSA) is 59.7 Å². The Morgan fingerprint density at radius 1 is 1.40 bits per heavy atom. The summed E-state index contributed by atoms with van der Waals surface area (Å²) in [7, 11) is 1.43. The number of methoxy groups -OCH3 is 1. The van der Waals surface area contributed by atoms with Crippen molar-refractivity contribution in [3.05, 3.63) is 29.2 Å². The van der Waals surface area contributed by atoms with Crippen LogP contribution in [0.2, 0.25) is 0 Å². The molecule has 6 nitrogen and oxygen atoms in total. The van der Waals surface area contributed by atoms with Gasteiger partial charge in [-0.05, 0) is 25.3 Å². The van der Waals surface area contributed by atoms with Crippen LogP contribution < -0.4 is 0 Å². The van der Waals surface area contributed by atoms with Gasteiger partial charge in [0.1, 0.15) is 12.3 Å². The quantitative estimate of drug-likeness (QED) is 0.845. The van der Waals surface area contributed by atoms with Crippen LogP contribution in [0.5, 0.6) is 0 Å². The Hall–Kier alpha value is -2.16. The maximum atomic E-state index is 13.4. The predicted octanol–water partition coefficient (Wildman–Crippen LogP) is 2.62. The van der Waals surface area contributed by atoms with E-state index in [1.807, 2.05) is 0 Å². The number of hydrogen-bond donors (Lipinski definition) is 0. The molecular formula is C16H19F3N4O2. The van der Waals surface area contributed by atoms with E-state index in [2.05, 4.69) is 10.1 Å². The summed E-state index contributed by atoms with van der Waals surface area (Å²) in [6, 6.07) is 2.21. The van der Waals surface area contributed by atoms with Gasteiger partial charge in [0, 0.05) is 25.4 Å². The van der Waals surface area contributed by atoms with Gasteiger partial charge in [-0.1, -0.05) is 6.92 Å². The summed E-state index contributed by atoms with van der Waals surface area (Å²) in [5.41, 5.74) is 0.0688. The third kappa shape index (κ3) is 3.33. The molecule has 1 aliphatic heterocycles. The smallest absolute Gasteiger partial charge is 0.375 e. The SMILES string of the molecule is CCc1cc(C(F)(F)F)n2nc([C@@H]3CCCN3C(=O)COC)cc2n1. The fraction of sp³-hybridized carbons (Fsp3) is 0.562. The van der Waals surface area contributed by atoms with E-state index < -0.39 is 11.9 Å². The van der Waals surface area contributed by atoms with Crippen LogP contribution in [0, 0.1) is 0 Å². The van der Waals surface area contributed by atoms with Crippen molar-refractivity contribution in [1.29, 1.82) is 0 Å². The van der Waals surface area contributed by atoms with Crippen LogP contribution >= 0.6 is 0 Å². The number of aryl methyl sites for hydroxylation is 1. The number of carbonyl (C=O) groups excluding carboxylic acids is 1. The van der Waals surface area contributed by atoms with Gasteiger partial charge < -0.3 is 9.64 Å². The zero-order valence-electron chi connectivity index (χ0n) is 14.0. The van der Waals surface area contributed by atoms with E-state index in [0.29, 0.717) is 30.8 Å². The van der Waals surface area contributed by atoms with E-state index in [9.17, 15) is 18.0 Å². The molecular weight excluding hydrogens is 337 g/mol. The molecule has 9 heteroatoms. The molecule has 0 spiro atoms. The molecule has 2 aromatic rings. The molecule has 0 saturated carbocycles. The summed E-state index contributed by atoms with van der Waals surface area (Å²) < 4.78 is 45.8. The standard InChI is InChI=1S/C16H19F3N4O2/c1-3-10-7-13(16(17,18)19)23-14(20-10)8-11(21-23)12-5-4-6-22(12)15(24)9-25-2/h7-8,12H,3-6,9H2,1-2H3/t12-/m0/s1. The fourth-order valence-corrected chi connectivity index (χ4v) is 3.17. The molecule has 25 heavy (non-hydrogen) atoms. The predicted molar refractivity (Wildman–Crippen MR) is 82.9 cm³/mol. The van der Waals surface area contributed by atoms with E-state index in [0.717, 1.165) is 17.0 Å². The highest BCUT2D eigenvalue weighted by molar-refractivity contribution is 5.78. The van der Waals surface area contributed by atoms with Gasteiger partial charge in [-0.2, -0.15) is 18.3 Å². The molecule has 0 radical (unpaired) electrons. The average molecular weight is 356 g/mol. The van der Waals surface area contributed by atoms with Crippen LogP contribution in [0.25, 0.3) is 5.65 Å². The first-order valence-electron chi connectivity index (χ1n) is 8.10. The fourth-order valence-electron chi connectivity index (χ4n) is 3.17. The molecule has 0 aromatic carbocycles. The molecule has 0 unspecified atom stereocenters. The number of ether oxygens (including phenoxy) is 1. The third-order valence-electron chi connectivity index (χ3n) is 4.33. The molecule has 3 heterocycles. The number of hydrogen-bond acceptors (Lipinski definition) is 4. The number of likely N-dealkylation sites (tertiary alicyclic amines) is 1. The van der Waals surface area contributed by atoms with Gasteiger partial charge in [0.15, 0.2) is 5.65 Å². The zero-order valence-corrected chi connectivity index (χ0v) is 14.0. The number of aromatic nitrogens is 3. The lowest BCUT2D eigenvalue weighted by atomic mass is 10.1. The summed E-state index contributed by atoms with van der Waals surface area (Å²) in [6.45, 7) is 2.23. The van der Waals surface area contributed by atoms with E-state index in [1.54, 1.807) is 11.8 Å². The molecule has 1 amide bonds. The van der Waals surface area contributed by atoms with Crippen molar-refractivity contribution < 1.29 is 22.7 Å². The monoisotopic (exact) mass is 356 g/mol. The van der Waals surface area contributed by atoms with Crippen molar-refractivity contribution in [3.63, 3.8) is 0 Å². The maximum absolute atomic E-state index is 13.4. The number of halogens is 3. The van der Waals surface area contributed by atoms with Gasteiger partial charge in [-0.25, -0.2) is 9.50 Å². The van der Waals surface area contributed by atoms with Crippen LogP contribution in [-0.4, -0.2) is 45.7 Å². The van der Waals surface area contributed by atoms with E-state index in [-0.39, 0.29) is 24.2 Å². The van der Waals surface area contributed by atoms with Crippen LogP contribution in [0.15, 0.2) is 12.1 Å². The highest BCUT2D eigenvalue weighted by atomic mass is 19.4. The maximum Gasteiger partial charge on any atom is 0.433 e. The van der Waals surface area contributed by atoms with Gasteiger partial charge in [0.2, 0.25) is 5.91 Å². The van der Waals surface area contributed by atoms with Crippen molar-refractivity contribution in [2.24, 2.45) is 0 Å². The van der Waals surface area contributed by atoms with Crippen LogP contribution in [0.3, 0.4) is 0 Å². The molecule has 0 aliphatic carbocycles. The van der Waals surface area contributed by atoms with E-state index >= 15 is 0 Å². The molecule has 1 aliphatic rings. The Labute approximate surface area is 142 Å². The summed E-state index contributed by atoms with van der Waals surface area (Å²) in [4.78, 5) is 18.0. The second-order valence-corrected chi connectivity index (χ2v) is 6.00. The molecule has 2 aromatic heterocycles. The van der Waals surface area contributed by atoms with Gasteiger partial charge >= 0.3 is 6.18 Å². The van der Waals surface area contributed by atoms with Gasteiger partial charge in [0.05, 0.1) is 11.7 Å². The highest BCUT2D eigenvalue weighted by Crippen LogP contribution is 2.34. The van der Waals surface area contributed by atoms with Crippen LogP contribution in [0.4, 0.5) is 13.2 Å². The van der Waals surface area contributed by atoms with Crippen molar-refractivity contribution >= 4 is 11.6 Å². The summed E-state index contributed by atoms with van der Waals surface area (Å²) in [5.74, 6) is -0.194. The molecule has 1 fully saturated rings. The molecule has 1 saturated heterocycles. The second-order valence-electron chi connectivity index (χ2n) is 6.00. The minimum Gasteiger partial charge on any atom is -0.375 e. The summed E-state index contributed by atoms with van der Waals surface area (Å²) in [6.07, 6.45) is -2.72.